The fourth-order valence-electron chi connectivity index (χ4n) is 2.51. The molecule has 1 aliphatic rings. The lowest BCUT2D eigenvalue weighted by Crippen LogP contribution is -2.37. The summed E-state index contributed by atoms with van der Waals surface area (Å²) < 4.78 is 5.40. The van der Waals surface area contributed by atoms with Crippen LogP contribution in [-0.2, 0) is 4.74 Å². The Bertz CT molecular complexity index is 636. The number of ether oxygens (including phenoxy) is 1. The molecule has 2 aromatic rings. The first-order valence-electron chi connectivity index (χ1n) is 7.62. The highest BCUT2D eigenvalue weighted by Crippen LogP contribution is 2.24. The number of hydrogen-bond donors (Lipinski definition) is 0. The van der Waals surface area contributed by atoms with Gasteiger partial charge in [0.2, 0.25) is 5.95 Å². The third kappa shape index (κ3) is 3.20. The van der Waals surface area contributed by atoms with Gasteiger partial charge in [-0.3, -0.25) is 0 Å². The van der Waals surface area contributed by atoms with Crippen LogP contribution in [0.4, 0.5) is 17.5 Å². The largest absolute Gasteiger partial charge is 0.378 e. The van der Waals surface area contributed by atoms with Crippen molar-refractivity contribution >= 4 is 17.5 Å². The second-order valence-corrected chi connectivity index (χ2v) is 5.66. The summed E-state index contributed by atoms with van der Waals surface area (Å²) in [6, 6.07) is 10.5. The van der Waals surface area contributed by atoms with Crippen LogP contribution in [0.15, 0.2) is 30.3 Å². The topological polar surface area (TPSA) is 41.5 Å². The summed E-state index contributed by atoms with van der Waals surface area (Å²) in [5.41, 5.74) is 3.35. The van der Waals surface area contributed by atoms with Crippen molar-refractivity contribution in [3.05, 3.63) is 41.6 Å². The molecule has 0 amide bonds. The van der Waals surface area contributed by atoms with Crippen LogP contribution in [0, 0.1) is 13.8 Å². The molecule has 0 radical (unpaired) electrons. The molecule has 0 N–H and O–H groups in total. The molecule has 1 fully saturated rings. The molecule has 116 valence electrons. The van der Waals surface area contributed by atoms with E-state index < -0.39 is 0 Å². The first-order chi connectivity index (χ1) is 10.6. The molecule has 5 heteroatoms. The normalized spacial score (nSPS) is 15.0. The average Bonchev–Trinajstić information content (AvgIpc) is 2.55. The van der Waals surface area contributed by atoms with Crippen LogP contribution in [0.25, 0.3) is 0 Å². The fourth-order valence-corrected chi connectivity index (χ4v) is 2.51. The van der Waals surface area contributed by atoms with E-state index in [0.717, 1.165) is 49.5 Å². The molecule has 1 aromatic heterocycles. The highest BCUT2D eigenvalue weighted by Gasteiger charge is 2.16. The van der Waals surface area contributed by atoms with Gasteiger partial charge in [0.1, 0.15) is 5.82 Å². The summed E-state index contributed by atoms with van der Waals surface area (Å²) in [7, 11) is 2.04. The zero-order chi connectivity index (χ0) is 15.5. The monoisotopic (exact) mass is 298 g/mol. The molecular weight excluding hydrogens is 276 g/mol. The van der Waals surface area contributed by atoms with Crippen molar-refractivity contribution in [2.45, 2.75) is 13.8 Å². The van der Waals surface area contributed by atoms with Crippen molar-refractivity contribution in [3.63, 3.8) is 0 Å². The van der Waals surface area contributed by atoms with Gasteiger partial charge in [0.25, 0.3) is 0 Å². The maximum atomic E-state index is 5.40. The second-order valence-electron chi connectivity index (χ2n) is 5.66. The van der Waals surface area contributed by atoms with E-state index in [0.29, 0.717) is 0 Å². The molecule has 0 atom stereocenters. The summed E-state index contributed by atoms with van der Waals surface area (Å²) in [6.45, 7) is 7.27. The lowest BCUT2D eigenvalue weighted by Gasteiger charge is -2.28. The van der Waals surface area contributed by atoms with Crippen molar-refractivity contribution in [1.29, 1.82) is 0 Å². The molecule has 0 spiro atoms. The van der Waals surface area contributed by atoms with Gasteiger partial charge in [-0.15, -0.1) is 0 Å². The van der Waals surface area contributed by atoms with E-state index in [-0.39, 0.29) is 0 Å². The molecule has 0 unspecified atom stereocenters. The summed E-state index contributed by atoms with van der Waals surface area (Å²) in [5, 5.41) is 0. The quantitative estimate of drug-likeness (QED) is 0.871. The Kier molecular flexibility index (Phi) is 4.24. The van der Waals surface area contributed by atoms with E-state index in [1.807, 2.05) is 20.0 Å². The molecule has 1 saturated heterocycles. The molecule has 22 heavy (non-hydrogen) atoms. The Morgan fingerprint density at radius 2 is 1.73 bits per heavy atom. The highest BCUT2D eigenvalue weighted by atomic mass is 16.5. The van der Waals surface area contributed by atoms with E-state index >= 15 is 0 Å². The minimum atomic E-state index is 0.737. The third-order valence-electron chi connectivity index (χ3n) is 3.89. The van der Waals surface area contributed by atoms with Crippen molar-refractivity contribution in [3.8, 4) is 0 Å². The maximum absolute atomic E-state index is 5.40. The van der Waals surface area contributed by atoms with E-state index in [9.17, 15) is 0 Å². The van der Waals surface area contributed by atoms with Crippen molar-refractivity contribution in [1.82, 2.24) is 9.97 Å². The predicted molar refractivity (Wildman–Crippen MR) is 89.0 cm³/mol. The Hall–Kier alpha value is -2.14. The first-order valence-corrected chi connectivity index (χ1v) is 7.62. The molecule has 2 heterocycles. The zero-order valence-corrected chi connectivity index (χ0v) is 13.4. The van der Waals surface area contributed by atoms with E-state index in [1.165, 1.54) is 5.56 Å². The highest BCUT2D eigenvalue weighted by molar-refractivity contribution is 5.60. The van der Waals surface area contributed by atoms with Crippen LogP contribution in [0.5, 0.6) is 0 Å². The number of aryl methyl sites for hydroxylation is 2. The van der Waals surface area contributed by atoms with E-state index in [1.54, 1.807) is 0 Å². The number of nitrogens with zero attached hydrogens (tertiary/aromatic N) is 4. The molecule has 1 aliphatic heterocycles. The molecule has 3 rings (SSSR count). The molecule has 0 bridgehead atoms. The van der Waals surface area contributed by atoms with Gasteiger partial charge in [0.15, 0.2) is 0 Å². The van der Waals surface area contributed by atoms with Crippen molar-refractivity contribution < 1.29 is 4.74 Å². The van der Waals surface area contributed by atoms with Crippen LogP contribution in [0.1, 0.15) is 11.3 Å². The van der Waals surface area contributed by atoms with E-state index in [4.69, 9.17) is 9.72 Å². The SMILES string of the molecule is Cc1ccc(N(C)c2cc(C)nc(N3CCOCC3)n2)cc1. The Morgan fingerprint density at radius 1 is 1.05 bits per heavy atom. The van der Waals surface area contributed by atoms with Crippen molar-refractivity contribution in [2.24, 2.45) is 0 Å². The Balaban J connectivity index is 1.89. The number of anilines is 3. The Morgan fingerprint density at radius 3 is 2.41 bits per heavy atom. The molecular formula is C17H22N4O. The van der Waals surface area contributed by atoms with Crippen LogP contribution < -0.4 is 9.80 Å². The second kappa shape index (κ2) is 6.32. The molecule has 0 saturated carbocycles. The van der Waals surface area contributed by atoms with Crippen LogP contribution in [0.2, 0.25) is 0 Å². The molecule has 1 aromatic carbocycles. The number of aromatic nitrogens is 2. The third-order valence-corrected chi connectivity index (χ3v) is 3.89. The van der Waals surface area contributed by atoms with Gasteiger partial charge in [-0.05, 0) is 26.0 Å². The van der Waals surface area contributed by atoms with E-state index in [2.05, 4.69) is 46.0 Å². The van der Waals surface area contributed by atoms with Gasteiger partial charge in [-0.2, -0.15) is 4.98 Å². The Labute approximate surface area is 131 Å². The summed E-state index contributed by atoms with van der Waals surface area (Å²) in [5.74, 6) is 1.70. The van der Waals surface area contributed by atoms with Gasteiger partial charge in [0, 0.05) is 37.6 Å². The molecule has 5 nitrogen and oxygen atoms in total. The van der Waals surface area contributed by atoms with Gasteiger partial charge >= 0.3 is 0 Å². The van der Waals surface area contributed by atoms with Crippen molar-refractivity contribution in [2.75, 3.05) is 43.2 Å². The van der Waals surface area contributed by atoms with Gasteiger partial charge in [-0.25, -0.2) is 4.98 Å². The number of rotatable bonds is 3. The standard InChI is InChI=1S/C17H22N4O/c1-13-4-6-15(7-5-13)20(3)16-12-14(2)18-17(19-16)21-8-10-22-11-9-21/h4-7,12H,8-11H2,1-3H3. The van der Waals surface area contributed by atoms with Gasteiger partial charge in [0.05, 0.1) is 13.2 Å². The number of hydrogen-bond acceptors (Lipinski definition) is 5. The minimum Gasteiger partial charge on any atom is -0.378 e. The van der Waals surface area contributed by atoms with Crippen LogP contribution >= 0.6 is 0 Å². The summed E-state index contributed by atoms with van der Waals surface area (Å²) in [6.07, 6.45) is 0. The number of morpholine rings is 1. The van der Waals surface area contributed by atoms with Gasteiger partial charge < -0.3 is 14.5 Å². The van der Waals surface area contributed by atoms with Gasteiger partial charge in [-0.1, -0.05) is 17.7 Å². The maximum Gasteiger partial charge on any atom is 0.227 e. The zero-order valence-electron chi connectivity index (χ0n) is 13.4. The predicted octanol–water partition coefficient (Wildman–Crippen LogP) is 2.70. The molecule has 0 aliphatic carbocycles. The lowest BCUT2D eigenvalue weighted by molar-refractivity contribution is 0.122. The first kappa shape index (κ1) is 14.8. The summed E-state index contributed by atoms with van der Waals surface area (Å²) >= 11 is 0. The fraction of sp³-hybridized carbons (Fsp3) is 0.412. The minimum absolute atomic E-state index is 0.737. The smallest absolute Gasteiger partial charge is 0.227 e. The number of benzene rings is 1. The summed E-state index contributed by atoms with van der Waals surface area (Å²) in [4.78, 5) is 13.6. The van der Waals surface area contributed by atoms with Crippen LogP contribution in [0.3, 0.4) is 0 Å². The van der Waals surface area contributed by atoms with Crippen LogP contribution in [-0.4, -0.2) is 43.3 Å². The average molecular weight is 298 g/mol. The lowest BCUT2D eigenvalue weighted by atomic mass is 10.2.